The van der Waals surface area contributed by atoms with Crippen molar-refractivity contribution in [2.75, 3.05) is 13.1 Å². The summed E-state index contributed by atoms with van der Waals surface area (Å²) in [7, 11) is 0. The molecule has 110 valence electrons. The van der Waals surface area contributed by atoms with Crippen molar-refractivity contribution in [3.8, 4) is 5.75 Å². The van der Waals surface area contributed by atoms with Gasteiger partial charge >= 0.3 is 5.97 Å². The van der Waals surface area contributed by atoms with E-state index in [-0.39, 0.29) is 30.2 Å². The maximum absolute atomic E-state index is 12.4. The molecule has 2 aromatic carbocycles. The molecule has 2 N–H and O–H groups in total. The molecule has 0 atom stereocenters. The predicted molar refractivity (Wildman–Crippen MR) is 79.4 cm³/mol. The smallest absolute Gasteiger partial charge is 0.305 e. The van der Waals surface area contributed by atoms with Crippen LogP contribution in [0.1, 0.15) is 23.7 Å². The van der Waals surface area contributed by atoms with Crippen LogP contribution in [0.15, 0.2) is 36.4 Å². The molecule has 0 saturated carbocycles. The van der Waals surface area contributed by atoms with Crippen molar-refractivity contribution in [2.45, 2.75) is 13.3 Å². The first-order valence-electron chi connectivity index (χ1n) is 6.76. The van der Waals surface area contributed by atoms with Crippen LogP contribution in [-0.4, -0.2) is 40.1 Å². The number of benzene rings is 2. The fraction of sp³-hybridized carbons (Fsp3) is 0.250. The van der Waals surface area contributed by atoms with Gasteiger partial charge < -0.3 is 15.1 Å². The van der Waals surface area contributed by atoms with Gasteiger partial charge in [-0.25, -0.2) is 0 Å². The molecule has 5 heteroatoms. The Kier molecular flexibility index (Phi) is 4.42. The fourth-order valence-corrected chi connectivity index (χ4v) is 2.23. The van der Waals surface area contributed by atoms with E-state index < -0.39 is 5.97 Å². The minimum Gasteiger partial charge on any atom is -0.506 e. The number of carbonyl (C=O) groups is 2. The zero-order valence-corrected chi connectivity index (χ0v) is 11.7. The average Bonchev–Trinajstić information content (AvgIpc) is 2.48. The van der Waals surface area contributed by atoms with Crippen LogP contribution in [0.25, 0.3) is 10.8 Å². The minimum atomic E-state index is -0.955. The second kappa shape index (κ2) is 6.26. The molecule has 0 unspecified atom stereocenters. The maximum Gasteiger partial charge on any atom is 0.305 e. The molecular formula is C16H17NO4. The number of aromatic hydroxyl groups is 1. The standard InChI is InChI=1S/C16H17NO4/c1-2-17(10-9-14(18)19)16(21)13-8-7-11-5-3-4-6-12(11)15(13)20/h3-8,20H,2,9-10H2,1H3,(H,18,19). The van der Waals surface area contributed by atoms with Crippen LogP contribution in [0.2, 0.25) is 0 Å². The third kappa shape index (κ3) is 3.13. The number of phenolic OH excluding ortho intramolecular Hbond substituents is 1. The number of carboxylic acids is 1. The molecule has 0 spiro atoms. The van der Waals surface area contributed by atoms with Gasteiger partial charge in [-0.2, -0.15) is 0 Å². The van der Waals surface area contributed by atoms with Crippen molar-refractivity contribution in [2.24, 2.45) is 0 Å². The number of fused-ring (bicyclic) bond motifs is 1. The molecule has 0 heterocycles. The molecule has 0 fully saturated rings. The average molecular weight is 287 g/mol. The van der Waals surface area contributed by atoms with E-state index in [0.717, 1.165) is 5.39 Å². The molecule has 0 aliphatic heterocycles. The summed E-state index contributed by atoms with van der Waals surface area (Å²) in [6, 6.07) is 10.6. The number of carbonyl (C=O) groups excluding carboxylic acids is 1. The van der Waals surface area contributed by atoms with Gasteiger partial charge in [0.15, 0.2) is 0 Å². The Morgan fingerprint density at radius 1 is 1.14 bits per heavy atom. The van der Waals surface area contributed by atoms with Gasteiger partial charge in [-0.1, -0.05) is 30.3 Å². The largest absolute Gasteiger partial charge is 0.506 e. The number of phenols is 1. The lowest BCUT2D eigenvalue weighted by molar-refractivity contribution is -0.137. The highest BCUT2D eigenvalue weighted by atomic mass is 16.4. The quantitative estimate of drug-likeness (QED) is 0.885. The maximum atomic E-state index is 12.4. The zero-order valence-electron chi connectivity index (χ0n) is 11.7. The Bertz CT molecular complexity index is 681. The van der Waals surface area contributed by atoms with E-state index in [0.29, 0.717) is 11.9 Å². The molecule has 2 aromatic rings. The molecule has 0 aliphatic carbocycles. The third-order valence-electron chi connectivity index (χ3n) is 3.40. The number of rotatable bonds is 5. The molecular weight excluding hydrogens is 270 g/mol. The highest BCUT2D eigenvalue weighted by Gasteiger charge is 2.19. The van der Waals surface area contributed by atoms with E-state index in [1.165, 1.54) is 4.90 Å². The summed E-state index contributed by atoms with van der Waals surface area (Å²) in [5.41, 5.74) is 0.195. The van der Waals surface area contributed by atoms with Gasteiger partial charge in [-0.05, 0) is 18.4 Å². The first-order valence-corrected chi connectivity index (χ1v) is 6.76. The van der Waals surface area contributed by atoms with E-state index >= 15 is 0 Å². The van der Waals surface area contributed by atoms with Gasteiger partial charge in [-0.3, -0.25) is 9.59 Å². The lowest BCUT2D eigenvalue weighted by Gasteiger charge is -2.21. The van der Waals surface area contributed by atoms with Gasteiger partial charge in [0.1, 0.15) is 5.75 Å². The van der Waals surface area contributed by atoms with Gasteiger partial charge in [0.25, 0.3) is 5.91 Å². The summed E-state index contributed by atoms with van der Waals surface area (Å²) in [5, 5.41) is 20.5. The van der Waals surface area contributed by atoms with Gasteiger partial charge in [0.2, 0.25) is 0 Å². The van der Waals surface area contributed by atoms with Crippen molar-refractivity contribution in [1.29, 1.82) is 0 Å². The normalized spacial score (nSPS) is 10.5. The Hall–Kier alpha value is -2.56. The van der Waals surface area contributed by atoms with Gasteiger partial charge in [-0.15, -0.1) is 0 Å². The first kappa shape index (κ1) is 14.8. The second-order valence-corrected chi connectivity index (χ2v) is 4.71. The van der Waals surface area contributed by atoms with Gasteiger partial charge in [0, 0.05) is 18.5 Å². The zero-order chi connectivity index (χ0) is 15.4. The molecule has 0 aromatic heterocycles. The lowest BCUT2D eigenvalue weighted by atomic mass is 10.0. The number of carboxylic acid groups (broad SMARTS) is 1. The summed E-state index contributed by atoms with van der Waals surface area (Å²) in [6.07, 6.45) is -0.117. The van der Waals surface area contributed by atoms with E-state index in [9.17, 15) is 14.7 Å². The number of hydrogen-bond donors (Lipinski definition) is 2. The van der Waals surface area contributed by atoms with E-state index in [4.69, 9.17) is 5.11 Å². The SMILES string of the molecule is CCN(CCC(=O)O)C(=O)c1ccc2ccccc2c1O. The highest BCUT2D eigenvalue weighted by Crippen LogP contribution is 2.29. The fourth-order valence-electron chi connectivity index (χ4n) is 2.23. The van der Waals surface area contributed by atoms with E-state index in [1.54, 1.807) is 31.2 Å². The Labute approximate surface area is 122 Å². The summed E-state index contributed by atoms with van der Waals surface area (Å²) < 4.78 is 0. The first-order chi connectivity index (χ1) is 10.0. The van der Waals surface area contributed by atoms with E-state index in [1.807, 2.05) is 12.1 Å². The van der Waals surface area contributed by atoms with Crippen LogP contribution in [0.5, 0.6) is 5.75 Å². The summed E-state index contributed by atoms with van der Waals surface area (Å²) in [4.78, 5) is 24.5. The van der Waals surface area contributed by atoms with Crippen molar-refractivity contribution in [3.05, 3.63) is 42.0 Å². The van der Waals surface area contributed by atoms with E-state index in [2.05, 4.69) is 0 Å². The number of nitrogens with zero attached hydrogens (tertiary/aromatic N) is 1. The van der Waals surface area contributed by atoms with Gasteiger partial charge in [0.05, 0.1) is 12.0 Å². The highest BCUT2D eigenvalue weighted by molar-refractivity contribution is 6.03. The van der Waals surface area contributed by atoms with Crippen LogP contribution in [0.3, 0.4) is 0 Å². The second-order valence-electron chi connectivity index (χ2n) is 4.71. The number of aliphatic carboxylic acids is 1. The van der Waals surface area contributed by atoms with Crippen LogP contribution in [0, 0.1) is 0 Å². The number of hydrogen-bond acceptors (Lipinski definition) is 3. The van der Waals surface area contributed by atoms with Crippen molar-refractivity contribution in [3.63, 3.8) is 0 Å². The molecule has 1 amide bonds. The van der Waals surface area contributed by atoms with Crippen LogP contribution < -0.4 is 0 Å². The molecule has 5 nitrogen and oxygen atoms in total. The number of amides is 1. The topological polar surface area (TPSA) is 77.8 Å². The molecule has 21 heavy (non-hydrogen) atoms. The van der Waals surface area contributed by atoms with Crippen LogP contribution in [-0.2, 0) is 4.79 Å². The summed E-state index contributed by atoms with van der Waals surface area (Å²) in [5.74, 6) is -1.38. The Morgan fingerprint density at radius 3 is 2.52 bits per heavy atom. The van der Waals surface area contributed by atoms with Crippen LogP contribution in [0.4, 0.5) is 0 Å². The predicted octanol–water partition coefficient (Wildman–Crippen LogP) is 2.48. The monoisotopic (exact) mass is 287 g/mol. The summed E-state index contributed by atoms with van der Waals surface area (Å²) >= 11 is 0. The third-order valence-corrected chi connectivity index (χ3v) is 3.40. The lowest BCUT2D eigenvalue weighted by Crippen LogP contribution is -2.32. The minimum absolute atomic E-state index is 0.0631. The molecule has 0 bridgehead atoms. The molecule has 0 aliphatic rings. The molecule has 0 radical (unpaired) electrons. The van der Waals surface area contributed by atoms with Crippen molar-refractivity contribution < 1.29 is 19.8 Å². The van der Waals surface area contributed by atoms with Crippen LogP contribution >= 0.6 is 0 Å². The van der Waals surface area contributed by atoms with Crippen molar-refractivity contribution >= 4 is 22.6 Å². The van der Waals surface area contributed by atoms with Crippen molar-refractivity contribution in [1.82, 2.24) is 4.90 Å². The Balaban J connectivity index is 2.33. The molecule has 2 rings (SSSR count). The summed E-state index contributed by atoms with van der Waals surface area (Å²) in [6.45, 7) is 2.28. The Morgan fingerprint density at radius 2 is 1.86 bits per heavy atom. The molecule has 0 saturated heterocycles.